The van der Waals surface area contributed by atoms with Gasteiger partial charge in [-0.05, 0) is 41.6 Å². The highest BCUT2D eigenvalue weighted by Crippen LogP contribution is 2.40. The fourth-order valence-electron chi connectivity index (χ4n) is 2.91. The van der Waals surface area contributed by atoms with Crippen molar-refractivity contribution in [3.8, 4) is 11.1 Å². The summed E-state index contributed by atoms with van der Waals surface area (Å²) >= 11 is 2.76. The van der Waals surface area contributed by atoms with Crippen molar-refractivity contribution in [2.24, 2.45) is 0 Å². The maximum absolute atomic E-state index is 12.0. The monoisotopic (exact) mass is 440 g/mol. The van der Waals surface area contributed by atoms with Crippen molar-refractivity contribution in [2.45, 2.75) is 15.1 Å². The molecule has 1 aromatic carbocycles. The Labute approximate surface area is 173 Å². The number of nitrogens with zero attached hydrogens (tertiary/aromatic N) is 4. The molecular formula is C19H12N4O3S3. The number of hydrogen-bond acceptors (Lipinski definition) is 9. The van der Waals surface area contributed by atoms with Crippen LogP contribution in [0.15, 0.2) is 73.9 Å². The summed E-state index contributed by atoms with van der Waals surface area (Å²) in [5.74, 6) is 0. The molecule has 0 unspecified atom stereocenters. The number of sulfone groups is 1. The normalized spacial score (nSPS) is 12.0. The Morgan fingerprint density at radius 2 is 2.00 bits per heavy atom. The number of oxazole rings is 1. The van der Waals surface area contributed by atoms with Gasteiger partial charge in [0.2, 0.25) is 0 Å². The van der Waals surface area contributed by atoms with Crippen LogP contribution in [0, 0.1) is 0 Å². The molecule has 0 saturated carbocycles. The molecule has 144 valence electrons. The van der Waals surface area contributed by atoms with Gasteiger partial charge in [-0.25, -0.2) is 23.4 Å². The molecule has 0 fully saturated rings. The molecule has 0 bridgehead atoms. The second-order valence-electron chi connectivity index (χ2n) is 6.22. The van der Waals surface area contributed by atoms with Gasteiger partial charge in [0.25, 0.3) is 5.22 Å². The molecule has 0 saturated heterocycles. The SMILES string of the molecule is CS(=O)(=O)c1cccc(-c2csc3ncnc(Sc4nc5ncccc5o4)c23)c1. The fraction of sp³-hybridized carbons (Fsp3) is 0.0526. The maximum atomic E-state index is 12.0. The molecule has 29 heavy (non-hydrogen) atoms. The highest BCUT2D eigenvalue weighted by Gasteiger charge is 2.18. The number of hydrogen-bond donors (Lipinski definition) is 0. The van der Waals surface area contributed by atoms with Gasteiger partial charge in [-0.15, -0.1) is 11.3 Å². The molecule has 0 spiro atoms. The molecule has 10 heteroatoms. The summed E-state index contributed by atoms with van der Waals surface area (Å²) in [6.07, 6.45) is 4.36. The van der Waals surface area contributed by atoms with E-state index in [4.69, 9.17) is 4.42 Å². The Kier molecular flexibility index (Phi) is 4.34. The van der Waals surface area contributed by atoms with Gasteiger partial charge in [-0.2, -0.15) is 4.98 Å². The quantitative estimate of drug-likeness (QED) is 0.378. The van der Waals surface area contributed by atoms with Crippen molar-refractivity contribution in [2.75, 3.05) is 6.26 Å². The Balaban J connectivity index is 1.64. The standard InChI is InChI=1S/C19H12N4O3S3/c1-29(24,25)12-5-2-4-11(8-12)13-9-27-17-15(13)18(22-10-21-17)28-19-23-16-14(26-19)6-3-7-20-16/h2-10H,1H3. The van der Waals surface area contributed by atoms with E-state index >= 15 is 0 Å². The zero-order valence-corrected chi connectivity index (χ0v) is 17.4. The third-order valence-corrected chi connectivity index (χ3v) is 7.09. The Morgan fingerprint density at radius 1 is 1.10 bits per heavy atom. The van der Waals surface area contributed by atoms with E-state index in [1.54, 1.807) is 30.5 Å². The maximum Gasteiger partial charge on any atom is 0.264 e. The minimum atomic E-state index is -3.31. The van der Waals surface area contributed by atoms with Gasteiger partial charge in [0.05, 0.1) is 10.3 Å². The Hall–Kier alpha value is -2.82. The van der Waals surface area contributed by atoms with Crippen molar-refractivity contribution in [1.29, 1.82) is 0 Å². The third-order valence-electron chi connectivity index (χ3n) is 4.24. The predicted molar refractivity (Wildman–Crippen MR) is 112 cm³/mol. The van der Waals surface area contributed by atoms with E-state index in [2.05, 4.69) is 19.9 Å². The molecule has 0 radical (unpaired) electrons. The first-order valence-corrected chi connectivity index (χ1v) is 12.0. The molecular weight excluding hydrogens is 428 g/mol. The minimum absolute atomic E-state index is 0.269. The molecule has 0 N–H and O–H groups in total. The molecule has 0 amide bonds. The van der Waals surface area contributed by atoms with Crippen molar-refractivity contribution >= 4 is 54.4 Å². The van der Waals surface area contributed by atoms with Crippen molar-refractivity contribution in [3.63, 3.8) is 0 Å². The summed E-state index contributed by atoms with van der Waals surface area (Å²) in [5.41, 5.74) is 2.79. The van der Waals surface area contributed by atoms with Crippen LogP contribution in [-0.2, 0) is 9.84 Å². The molecule has 5 aromatic rings. The third kappa shape index (κ3) is 3.39. The predicted octanol–water partition coefficient (Wildman–Crippen LogP) is 4.45. The summed E-state index contributed by atoms with van der Waals surface area (Å²) in [6, 6.07) is 10.5. The van der Waals surface area contributed by atoms with E-state index in [9.17, 15) is 8.42 Å². The fourth-order valence-corrected chi connectivity index (χ4v) is 5.39. The van der Waals surface area contributed by atoms with Gasteiger partial charge < -0.3 is 4.42 Å². The van der Waals surface area contributed by atoms with Gasteiger partial charge in [-0.3, -0.25) is 0 Å². The molecule has 7 nitrogen and oxygen atoms in total. The van der Waals surface area contributed by atoms with Crippen LogP contribution in [0.3, 0.4) is 0 Å². The zero-order chi connectivity index (χ0) is 20.0. The van der Waals surface area contributed by atoms with Crippen LogP contribution in [0.1, 0.15) is 0 Å². The van der Waals surface area contributed by atoms with Crippen molar-refractivity contribution in [1.82, 2.24) is 19.9 Å². The zero-order valence-electron chi connectivity index (χ0n) is 14.9. The first kappa shape index (κ1) is 18.2. The molecule has 4 aromatic heterocycles. The van der Waals surface area contributed by atoms with Crippen LogP contribution in [0.2, 0.25) is 0 Å². The lowest BCUT2D eigenvalue weighted by atomic mass is 10.1. The van der Waals surface area contributed by atoms with E-state index in [0.29, 0.717) is 21.5 Å². The number of thiophene rings is 1. The molecule has 4 heterocycles. The van der Waals surface area contributed by atoms with Gasteiger partial charge >= 0.3 is 0 Å². The highest BCUT2D eigenvalue weighted by molar-refractivity contribution is 7.99. The number of pyridine rings is 1. The van der Waals surface area contributed by atoms with E-state index in [1.807, 2.05) is 17.5 Å². The lowest BCUT2D eigenvalue weighted by Gasteiger charge is -2.05. The summed E-state index contributed by atoms with van der Waals surface area (Å²) in [4.78, 5) is 18.4. The topological polar surface area (TPSA) is 98.8 Å². The van der Waals surface area contributed by atoms with Gasteiger partial charge in [0.1, 0.15) is 16.2 Å². The number of fused-ring (bicyclic) bond motifs is 2. The molecule has 0 aliphatic rings. The number of rotatable bonds is 4. The lowest BCUT2D eigenvalue weighted by Crippen LogP contribution is -1.96. The highest BCUT2D eigenvalue weighted by atomic mass is 32.2. The van der Waals surface area contributed by atoms with Gasteiger partial charge in [0.15, 0.2) is 21.1 Å². The average Bonchev–Trinajstić information content (AvgIpc) is 3.31. The molecule has 5 rings (SSSR count). The minimum Gasteiger partial charge on any atom is -0.429 e. The average molecular weight is 441 g/mol. The van der Waals surface area contributed by atoms with E-state index < -0.39 is 9.84 Å². The molecule has 0 atom stereocenters. The Morgan fingerprint density at radius 3 is 2.83 bits per heavy atom. The lowest BCUT2D eigenvalue weighted by molar-refractivity contribution is 0.489. The second-order valence-corrected chi connectivity index (χ2v) is 10.0. The first-order chi connectivity index (χ1) is 14.0. The van der Waals surface area contributed by atoms with Crippen LogP contribution in [0.4, 0.5) is 0 Å². The summed E-state index contributed by atoms with van der Waals surface area (Å²) < 4.78 is 29.7. The van der Waals surface area contributed by atoms with Crippen molar-refractivity contribution < 1.29 is 12.8 Å². The van der Waals surface area contributed by atoms with E-state index in [0.717, 1.165) is 21.3 Å². The van der Waals surface area contributed by atoms with Crippen LogP contribution < -0.4 is 0 Å². The van der Waals surface area contributed by atoms with Crippen LogP contribution in [0.5, 0.6) is 0 Å². The number of aromatic nitrogens is 4. The summed E-state index contributed by atoms with van der Waals surface area (Å²) in [5, 5.41) is 3.91. The van der Waals surface area contributed by atoms with Crippen molar-refractivity contribution in [3.05, 3.63) is 54.3 Å². The van der Waals surface area contributed by atoms with E-state index in [1.165, 1.54) is 35.7 Å². The van der Waals surface area contributed by atoms with Crippen LogP contribution in [0.25, 0.3) is 32.6 Å². The van der Waals surface area contributed by atoms with E-state index in [-0.39, 0.29) is 4.90 Å². The first-order valence-electron chi connectivity index (χ1n) is 8.41. The molecule has 0 aliphatic carbocycles. The molecule has 0 aliphatic heterocycles. The smallest absolute Gasteiger partial charge is 0.264 e. The number of benzene rings is 1. The van der Waals surface area contributed by atoms with Gasteiger partial charge in [0, 0.05) is 23.4 Å². The van der Waals surface area contributed by atoms with Gasteiger partial charge in [-0.1, -0.05) is 12.1 Å². The van der Waals surface area contributed by atoms with Crippen LogP contribution >= 0.6 is 23.1 Å². The van der Waals surface area contributed by atoms with Crippen LogP contribution in [-0.4, -0.2) is 34.6 Å². The summed E-state index contributed by atoms with van der Waals surface area (Å²) in [6.45, 7) is 0. The Bertz CT molecular complexity index is 1440. The largest absolute Gasteiger partial charge is 0.429 e. The summed E-state index contributed by atoms with van der Waals surface area (Å²) in [7, 11) is -3.31. The second kappa shape index (κ2) is 6.90.